The van der Waals surface area contributed by atoms with Crippen molar-refractivity contribution < 1.29 is 4.42 Å². The third-order valence-corrected chi connectivity index (χ3v) is 3.70. The van der Waals surface area contributed by atoms with Gasteiger partial charge in [-0.15, -0.1) is 0 Å². The topological polar surface area (TPSA) is 38.1 Å². The molecule has 17 heavy (non-hydrogen) atoms. The van der Waals surface area contributed by atoms with Crippen LogP contribution in [-0.4, -0.2) is 11.5 Å². The first-order valence-electron chi connectivity index (χ1n) is 6.36. The van der Waals surface area contributed by atoms with Crippen LogP contribution >= 0.6 is 0 Å². The molecule has 0 bridgehead atoms. The second-order valence-electron chi connectivity index (χ2n) is 5.04. The molecule has 0 saturated carbocycles. The summed E-state index contributed by atoms with van der Waals surface area (Å²) in [4.78, 5) is 4.65. The molecule has 0 amide bonds. The van der Waals surface area contributed by atoms with E-state index in [-0.39, 0.29) is 5.54 Å². The number of aromatic nitrogens is 1. The largest absolute Gasteiger partial charge is 0.439 e. The highest BCUT2D eigenvalue weighted by atomic mass is 16.4. The van der Waals surface area contributed by atoms with Crippen molar-refractivity contribution in [1.29, 1.82) is 0 Å². The first-order chi connectivity index (χ1) is 8.21. The first-order valence-corrected chi connectivity index (χ1v) is 6.36. The van der Waals surface area contributed by atoms with E-state index in [9.17, 15) is 0 Å². The van der Waals surface area contributed by atoms with Gasteiger partial charge in [-0.2, -0.15) is 0 Å². The van der Waals surface area contributed by atoms with Crippen molar-refractivity contribution in [2.24, 2.45) is 0 Å². The molecular formula is C14H18N2O. The van der Waals surface area contributed by atoms with Crippen LogP contribution in [0.5, 0.6) is 0 Å². The highest BCUT2D eigenvalue weighted by Crippen LogP contribution is 2.31. The van der Waals surface area contributed by atoms with Crippen LogP contribution in [0.2, 0.25) is 0 Å². The molecule has 1 atom stereocenters. The summed E-state index contributed by atoms with van der Waals surface area (Å²) in [6, 6.07) is 6.27. The normalized spacial score (nSPS) is 24.6. The van der Waals surface area contributed by atoms with Gasteiger partial charge < -0.3 is 9.73 Å². The molecule has 1 fully saturated rings. The van der Waals surface area contributed by atoms with Crippen molar-refractivity contribution in [3.8, 4) is 0 Å². The zero-order chi connectivity index (χ0) is 11.9. The standard InChI is InChI=1S/C14H18N2O/c1-3-10-5-6-12-11(9-10)16-13(17-12)14(2)7-4-8-15-14/h5-6,9,15H,3-4,7-8H2,1-2H3. The van der Waals surface area contributed by atoms with Crippen LogP contribution in [0, 0.1) is 0 Å². The molecule has 1 aromatic heterocycles. The predicted octanol–water partition coefficient (Wildman–Crippen LogP) is 2.99. The summed E-state index contributed by atoms with van der Waals surface area (Å²) in [7, 11) is 0. The van der Waals surface area contributed by atoms with E-state index >= 15 is 0 Å². The van der Waals surface area contributed by atoms with E-state index in [0.717, 1.165) is 36.4 Å². The van der Waals surface area contributed by atoms with Gasteiger partial charge in [0.25, 0.3) is 0 Å². The molecule has 1 aliphatic rings. The molecule has 2 aromatic rings. The summed E-state index contributed by atoms with van der Waals surface area (Å²) in [5, 5.41) is 3.48. The van der Waals surface area contributed by atoms with E-state index in [0.29, 0.717) is 0 Å². The number of aryl methyl sites for hydroxylation is 1. The molecule has 90 valence electrons. The van der Waals surface area contributed by atoms with Crippen molar-refractivity contribution in [3.05, 3.63) is 29.7 Å². The Labute approximate surface area is 101 Å². The summed E-state index contributed by atoms with van der Waals surface area (Å²) < 4.78 is 5.88. The average molecular weight is 230 g/mol. The summed E-state index contributed by atoms with van der Waals surface area (Å²) in [5.74, 6) is 0.832. The van der Waals surface area contributed by atoms with Crippen LogP contribution in [0.15, 0.2) is 22.6 Å². The first kappa shape index (κ1) is 10.8. The third-order valence-electron chi connectivity index (χ3n) is 3.70. The molecule has 0 radical (unpaired) electrons. The number of nitrogens with zero attached hydrogens (tertiary/aromatic N) is 1. The number of rotatable bonds is 2. The van der Waals surface area contributed by atoms with Gasteiger partial charge >= 0.3 is 0 Å². The van der Waals surface area contributed by atoms with Crippen LogP contribution in [0.1, 0.15) is 38.1 Å². The van der Waals surface area contributed by atoms with Crippen LogP contribution < -0.4 is 5.32 Å². The summed E-state index contributed by atoms with van der Waals surface area (Å²) in [6.45, 7) is 5.38. The van der Waals surface area contributed by atoms with Gasteiger partial charge in [0.1, 0.15) is 5.52 Å². The van der Waals surface area contributed by atoms with Crippen LogP contribution in [0.25, 0.3) is 11.1 Å². The van der Waals surface area contributed by atoms with E-state index in [2.05, 4.69) is 36.3 Å². The van der Waals surface area contributed by atoms with Crippen LogP contribution in [-0.2, 0) is 12.0 Å². The van der Waals surface area contributed by atoms with Gasteiger partial charge in [0.15, 0.2) is 5.58 Å². The van der Waals surface area contributed by atoms with Gasteiger partial charge in [-0.3, -0.25) is 0 Å². The molecule has 1 saturated heterocycles. The second kappa shape index (κ2) is 3.84. The Hall–Kier alpha value is -1.35. The predicted molar refractivity (Wildman–Crippen MR) is 68.0 cm³/mol. The van der Waals surface area contributed by atoms with Crippen molar-refractivity contribution in [1.82, 2.24) is 10.3 Å². The summed E-state index contributed by atoms with van der Waals surface area (Å²) in [6.07, 6.45) is 3.32. The maximum atomic E-state index is 5.88. The smallest absolute Gasteiger partial charge is 0.215 e. The minimum Gasteiger partial charge on any atom is -0.439 e. The fraction of sp³-hybridized carbons (Fsp3) is 0.500. The lowest BCUT2D eigenvalue weighted by atomic mass is 10.0. The Kier molecular flexibility index (Phi) is 2.44. The highest BCUT2D eigenvalue weighted by molar-refractivity contribution is 5.73. The lowest BCUT2D eigenvalue weighted by molar-refractivity contribution is 0.330. The Morgan fingerprint density at radius 2 is 2.35 bits per heavy atom. The van der Waals surface area contributed by atoms with Gasteiger partial charge in [0.2, 0.25) is 5.89 Å². The minimum atomic E-state index is -0.0780. The van der Waals surface area contributed by atoms with Gasteiger partial charge in [-0.1, -0.05) is 13.0 Å². The third kappa shape index (κ3) is 1.75. The number of hydrogen-bond donors (Lipinski definition) is 1. The fourth-order valence-electron chi connectivity index (χ4n) is 2.51. The molecule has 1 aliphatic heterocycles. The monoisotopic (exact) mass is 230 g/mol. The molecule has 0 aliphatic carbocycles. The van der Waals surface area contributed by atoms with E-state index < -0.39 is 0 Å². The highest BCUT2D eigenvalue weighted by Gasteiger charge is 2.34. The number of fused-ring (bicyclic) bond motifs is 1. The Morgan fingerprint density at radius 3 is 3.06 bits per heavy atom. The molecule has 1 unspecified atom stereocenters. The van der Waals surface area contributed by atoms with Crippen molar-refractivity contribution >= 4 is 11.1 Å². The van der Waals surface area contributed by atoms with Crippen LogP contribution in [0.3, 0.4) is 0 Å². The zero-order valence-corrected chi connectivity index (χ0v) is 10.4. The van der Waals surface area contributed by atoms with Gasteiger partial charge in [0.05, 0.1) is 5.54 Å². The number of nitrogens with one attached hydrogen (secondary N) is 1. The number of benzene rings is 1. The molecule has 2 heterocycles. The maximum Gasteiger partial charge on any atom is 0.215 e. The summed E-state index contributed by atoms with van der Waals surface area (Å²) >= 11 is 0. The molecule has 1 aromatic carbocycles. The fourth-order valence-corrected chi connectivity index (χ4v) is 2.51. The van der Waals surface area contributed by atoms with Gasteiger partial charge in [-0.05, 0) is 50.4 Å². The van der Waals surface area contributed by atoms with E-state index in [1.165, 1.54) is 12.0 Å². The summed E-state index contributed by atoms with van der Waals surface area (Å²) in [5.41, 5.74) is 3.11. The van der Waals surface area contributed by atoms with E-state index in [1.807, 2.05) is 6.07 Å². The zero-order valence-electron chi connectivity index (χ0n) is 10.4. The van der Waals surface area contributed by atoms with E-state index in [4.69, 9.17) is 4.42 Å². The van der Waals surface area contributed by atoms with Crippen molar-refractivity contribution in [2.45, 2.75) is 38.6 Å². The molecule has 3 nitrogen and oxygen atoms in total. The average Bonchev–Trinajstić information content (AvgIpc) is 2.94. The Balaban J connectivity index is 2.07. The molecule has 1 N–H and O–H groups in total. The van der Waals surface area contributed by atoms with Crippen molar-refractivity contribution in [3.63, 3.8) is 0 Å². The van der Waals surface area contributed by atoms with Crippen molar-refractivity contribution in [2.75, 3.05) is 6.54 Å². The number of hydrogen-bond acceptors (Lipinski definition) is 3. The molecule has 3 heteroatoms. The van der Waals surface area contributed by atoms with Crippen LogP contribution in [0.4, 0.5) is 0 Å². The molecular weight excluding hydrogens is 212 g/mol. The SMILES string of the molecule is CCc1ccc2oc(C3(C)CCCN3)nc2c1. The van der Waals surface area contributed by atoms with E-state index in [1.54, 1.807) is 0 Å². The maximum absolute atomic E-state index is 5.88. The van der Waals surface area contributed by atoms with Gasteiger partial charge in [-0.25, -0.2) is 4.98 Å². The Bertz CT molecular complexity index is 538. The quantitative estimate of drug-likeness (QED) is 0.861. The Morgan fingerprint density at radius 1 is 1.47 bits per heavy atom. The van der Waals surface area contributed by atoms with Gasteiger partial charge in [0, 0.05) is 0 Å². The lowest BCUT2D eigenvalue weighted by Crippen LogP contribution is -2.33. The second-order valence-corrected chi connectivity index (χ2v) is 5.04. The minimum absolute atomic E-state index is 0.0780. The molecule has 0 spiro atoms. The molecule has 3 rings (SSSR count). The lowest BCUT2D eigenvalue weighted by Gasteiger charge is -2.19. The number of oxazole rings is 1.